The molecule has 0 bridgehead atoms. The second-order valence-corrected chi connectivity index (χ2v) is 7.62. The van der Waals surface area contributed by atoms with Gasteiger partial charge in [-0.1, -0.05) is 6.07 Å². The minimum absolute atomic E-state index is 0.00246. The molecule has 2 N–H and O–H groups in total. The minimum Gasteiger partial charge on any atom is -0.406 e. The number of aromatic nitrogens is 2. The predicted molar refractivity (Wildman–Crippen MR) is 102 cm³/mol. The quantitative estimate of drug-likeness (QED) is 0.761. The Morgan fingerprint density at radius 2 is 2.03 bits per heavy atom. The largest absolute Gasteiger partial charge is 0.573 e. The van der Waals surface area contributed by atoms with Crippen molar-refractivity contribution in [2.45, 2.75) is 51.1 Å². The molecule has 1 aromatic carbocycles. The SMILES string of the molecule is C[C@H](CO)Nc1cc(N2CCc3cc(OC(F)(F)F)ccc3C2)nc(C2CC2)n1. The van der Waals surface area contributed by atoms with E-state index in [1.807, 2.05) is 13.0 Å². The fourth-order valence-corrected chi connectivity index (χ4v) is 3.43. The van der Waals surface area contributed by atoms with Crippen LogP contribution in [0.3, 0.4) is 0 Å². The maximum atomic E-state index is 12.5. The molecule has 1 aromatic heterocycles. The zero-order chi connectivity index (χ0) is 20.6. The molecule has 1 fully saturated rings. The van der Waals surface area contributed by atoms with E-state index in [1.165, 1.54) is 12.1 Å². The van der Waals surface area contributed by atoms with Crippen molar-refractivity contribution in [2.24, 2.45) is 0 Å². The predicted octanol–water partition coefficient (Wildman–Crippen LogP) is 3.61. The lowest BCUT2D eigenvalue weighted by Crippen LogP contribution is -2.31. The summed E-state index contributed by atoms with van der Waals surface area (Å²) in [5.74, 6) is 2.45. The number of hydrogen-bond acceptors (Lipinski definition) is 6. The van der Waals surface area contributed by atoms with E-state index in [2.05, 4.69) is 19.9 Å². The molecule has 1 atom stereocenters. The van der Waals surface area contributed by atoms with Crippen molar-refractivity contribution in [1.82, 2.24) is 9.97 Å². The summed E-state index contributed by atoms with van der Waals surface area (Å²) in [6, 6.07) is 6.23. The van der Waals surface area contributed by atoms with E-state index >= 15 is 0 Å². The van der Waals surface area contributed by atoms with Crippen LogP contribution >= 0.6 is 0 Å². The molecule has 2 aromatic rings. The Kier molecular flexibility index (Phi) is 5.24. The number of aliphatic hydroxyl groups excluding tert-OH is 1. The molecule has 1 saturated carbocycles. The standard InChI is InChI=1S/C20H23F3N4O2/c1-12(11-28)24-17-9-18(26-19(25-17)13-2-3-13)27-7-6-14-8-16(29-20(21,22)23)5-4-15(14)10-27/h4-5,8-9,12-13,28H,2-3,6-7,10-11H2,1H3,(H,24,25,26)/t12-/m1/s1. The highest BCUT2D eigenvalue weighted by Gasteiger charge is 2.32. The summed E-state index contributed by atoms with van der Waals surface area (Å²) in [4.78, 5) is 11.4. The van der Waals surface area contributed by atoms with Gasteiger partial charge in [-0.25, -0.2) is 9.97 Å². The van der Waals surface area contributed by atoms with Crippen molar-refractivity contribution in [1.29, 1.82) is 0 Å². The highest BCUT2D eigenvalue weighted by atomic mass is 19.4. The van der Waals surface area contributed by atoms with Crippen molar-refractivity contribution in [3.63, 3.8) is 0 Å². The molecule has 29 heavy (non-hydrogen) atoms. The van der Waals surface area contributed by atoms with Crippen LogP contribution < -0.4 is 15.0 Å². The molecule has 9 heteroatoms. The van der Waals surface area contributed by atoms with E-state index in [0.29, 0.717) is 31.2 Å². The fraction of sp³-hybridized carbons (Fsp3) is 0.500. The van der Waals surface area contributed by atoms with Gasteiger partial charge in [0.05, 0.1) is 6.61 Å². The van der Waals surface area contributed by atoms with Gasteiger partial charge in [-0.15, -0.1) is 13.2 Å². The van der Waals surface area contributed by atoms with E-state index < -0.39 is 6.36 Å². The van der Waals surface area contributed by atoms with Gasteiger partial charge >= 0.3 is 6.36 Å². The van der Waals surface area contributed by atoms with Crippen LogP contribution in [0.2, 0.25) is 0 Å². The minimum atomic E-state index is -4.69. The number of hydrogen-bond donors (Lipinski definition) is 2. The lowest BCUT2D eigenvalue weighted by molar-refractivity contribution is -0.274. The van der Waals surface area contributed by atoms with Crippen molar-refractivity contribution < 1.29 is 23.0 Å². The first-order chi connectivity index (χ1) is 13.8. The van der Waals surface area contributed by atoms with Crippen LogP contribution in [0.1, 0.15) is 42.6 Å². The number of halogens is 3. The third-order valence-corrected chi connectivity index (χ3v) is 5.09. The Labute approximate surface area is 166 Å². The first-order valence-corrected chi connectivity index (χ1v) is 9.69. The number of benzene rings is 1. The summed E-state index contributed by atoms with van der Waals surface area (Å²) < 4.78 is 41.4. The van der Waals surface area contributed by atoms with Gasteiger partial charge < -0.3 is 20.1 Å². The van der Waals surface area contributed by atoms with Gasteiger partial charge in [-0.3, -0.25) is 0 Å². The van der Waals surface area contributed by atoms with Gasteiger partial charge in [0, 0.05) is 31.1 Å². The Hall–Kier alpha value is -2.55. The molecule has 4 rings (SSSR count). The molecule has 0 amide bonds. The zero-order valence-electron chi connectivity index (χ0n) is 16.0. The number of fused-ring (bicyclic) bond motifs is 1. The molecule has 0 radical (unpaired) electrons. The Balaban J connectivity index is 1.55. The van der Waals surface area contributed by atoms with Crippen LogP contribution in [-0.4, -0.2) is 40.6 Å². The molecular weight excluding hydrogens is 385 g/mol. The van der Waals surface area contributed by atoms with Crippen LogP contribution in [0.25, 0.3) is 0 Å². The summed E-state index contributed by atoms with van der Waals surface area (Å²) in [6.07, 6.45) is -1.94. The summed E-state index contributed by atoms with van der Waals surface area (Å²) >= 11 is 0. The molecule has 2 aliphatic rings. The molecule has 2 heterocycles. The third kappa shape index (κ3) is 4.90. The maximum absolute atomic E-state index is 12.5. The van der Waals surface area contributed by atoms with Gasteiger partial charge in [0.25, 0.3) is 0 Å². The molecule has 0 spiro atoms. The first kappa shape index (κ1) is 19.8. The lowest BCUT2D eigenvalue weighted by atomic mass is 9.99. The van der Waals surface area contributed by atoms with Gasteiger partial charge in [-0.05, 0) is 49.4 Å². The normalized spacial score (nSPS) is 17.6. The van der Waals surface area contributed by atoms with Crippen LogP contribution in [0.4, 0.5) is 24.8 Å². The van der Waals surface area contributed by atoms with Gasteiger partial charge in [0.2, 0.25) is 0 Å². The lowest BCUT2D eigenvalue weighted by Gasteiger charge is -2.30. The van der Waals surface area contributed by atoms with Crippen LogP contribution in [0.15, 0.2) is 24.3 Å². The van der Waals surface area contributed by atoms with Gasteiger partial charge in [0.15, 0.2) is 0 Å². The Morgan fingerprint density at radius 3 is 2.72 bits per heavy atom. The average molecular weight is 408 g/mol. The number of alkyl halides is 3. The Bertz CT molecular complexity index is 887. The highest BCUT2D eigenvalue weighted by Crippen LogP contribution is 2.39. The summed E-state index contributed by atoms with van der Waals surface area (Å²) in [7, 11) is 0. The van der Waals surface area contributed by atoms with Crippen molar-refractivity contribution in [3.8, 4) is 5.75 Å². The highest BCUT2D eigenvalue weighted by molar-refractivity contribution is 5.53. The number of anilines is 2. The second kappa shape index (κ2) is 7.70. The summed E-state index contributed by atoms with van der Waals surface area (Å²) in [5, 5.41) is 12.5. The first-order valence-electron chi connectivity index (χ1n) is 9.69. The third-order valence-electron chi connectivity index (χ3n) is 5.09. The molecule has 0 saturated heterocycles. The van der Waals surface area contributed by atoms with E-state index in [9.17, 15) is 18.3 Å². The molecular formula is C20H23F3N4O2. The van der Waals surface area contributed by atoms with Crippen molar-refractivity contribution in [3.05, 3.63) is 41.2 Å². The summed E-state index contributed by atoms with van der Waals surface area (Å²) in [6.45, 7) is 3.06. The average Bonchev–Trinajstić information content (AvgIpc) is 3.51. The van der Waals surface area contributed by atoms with Crippen LogP contribution in [-0.2, 0) is 13.0 Å². The van der Waals surface area contributed by atoms with Gasteiger partial charge in [-0.2, -0.15) is 0 Å². The van der Waals surface area contributed by atoms with Crippen molar-refractivity contribution >= 4 is 11.6 Å². The smallest absolute Gasteiger partial charge is 0.406 e. The van der Waals surface area contributed by atoms with E-state index in [0.717, 1.165) is 35.6 Å². The maximum Gasteiger partial charge on any atom is 0.573 e. The topological polar surface area (TPSA) is 70.5 Å². The van der Waals surface area contributed by atoms with E-state index in [-0.39, 0.29) is 18.4 Å². The summed E-state index contributed by atoms with van der Waals surface area (Å²) in [5.41, 5.74) is 1.81. The molecule has 1 aliphatic carbocycles. The fourth-order valence-electron chi connectivity index (χ4n) is 3.43. The number of nitrogens with zero attached hydrogens (tertiary/aromatic N) is 3. The molecule has 156 valence electrons. The van der Waals surface area contributed by atoms with Crippen molar-refractivity contribution in [2.75, 3.05) is 23.4 Å². The van der Waals surface area contributed by atoms with Crippen LogP contribution in [0, 0.1) is 0 Å². The zero-order valence-corrected chi connectivity index (χ0v) is 16.0. The Morgan fingerprint density at radius 1 is 1.24 bits per heavy atom. The van der Waals surface area contributed by atoms with E-state index in [4.69, 9.17) is 4.98 Å². The molecule has 0 unspecified atom stereocenters. The molecule has 1 aliphatic heterocycles. The number of nitrogens with one attached hydrogen (secondary N) is 1. The van der Waals surface area contributed by atoms with Gasteiger partial charge in [0.1, 0.15) is 23.2 Å². The number of aliphatic hydroxyl groups is 1. The number of ether oxygens (including phenoxy) is 1. The van der Waals surface area contributed by atoms with E-state index in [1.54, 1.807) is 6.07 Å². The molecule has 6 nitrogen and oxygen atoms in total. The second-order valence-electron chi connectivity index (χ2n) is 7.62. The number of rotatable bonds is 6. The monoisotopic (exact) mass is 408 g/mol. The van der Waals surface area contributed by atoms with Crippen LogP contribution in [0.5, 0.6) is 5.75 Å².